The third-order valence-corrected chi connectivity index (χ3v) is 8.13. The first-order chi connectivity index (χ1) is 18.3. The topological polar surface area (TPSA) is 180 Å². The number of carbonyl (C=O) groups is 3. The summed E-state index contributed by atoms with van der Waals surface area (Å²) in [6.07, 6.45) is 0.262. The van der Waals surface area contributed by atoms with Crippen LogP contribution in [0.2, 0.25) is 0 Å². The maximum atomic E-state index is 13.9. The zero-order chi connectivity index (χ0) is 28.5. The molecule has 5 rings (SSSR count). The molecule has 11 nitrogen and oxygen atoms in total. The third-order valence-electron chi connectivity index (χ3n) is 8.13. The second kappa shape index (κ2) is 9.08. The van der Waals surface area contributed by atoms with Crippen molar-refractivity contribution >= 4 is 17.5 Å². The minimum Gasteiger partial charge on any atom is -0.510 e. The molecule has 11 heteroatoms. The highest BCUT2D eigenvalue weighted by molar-refractivity contribution is 6.24. The molecule has 0 saturated heterocycles. The number of benzene rings is 1. The van der Waals surface area contributed by atoms with Gasteiger partial charge in [0.2, 0.25) is 5.78 Å². The fourth-order valence-electron chi connectivity index (χ4n) is 6.53. The number of likely N-dealkylation sites (N-methyl/N-ethyl adjacent to an activating group) is 1. The van der Waals surface area contributed by atoms with Crippen LogP contribution in [0.1, 0.15) is 28.0 Å². The molecule has 0 radical (unpaired) electrons. The number of nitrogens with one attached hydrogen (secondary N) is 1. The zero-order valence-electron chi connectivity index (χ0n) is 22.1. The summed E-state index contributed by atoms with van der Waals surface area (Å²) < 4.78 is 0. The molecule has 0 aliphatic heterocycles. The highest BCUT2D eigenvalue weighted by Crippen LogP contribution is 2.53. The Labute approximate surface area is 224 Å². The van der Waals surface area contributed by atoms with E-state index < -0.39 is 58.0 Å². The van der Waals surface area contributed by atoms with Crippen molar-refractivity contribution in [1.29, 1.82) is 0 Å². The summed E-state index contributed by atoms with van der Waals surface area (Å²) in [7, 11) is 7.09. The van der Waals surface area contributed by atoms with Gasteiger partial charge in [0.05, 0.1) is 11.6 Å². The van der Waals surface area contributed by atoms with Gasteiger partial charge in [0.1, 0.15) is 22.8 Å². The van der Waals surface area contributed by atoms with Crippen LogP contribution in [0, 0.1) is 11.8 Å². The molecule has 39 heavy (non-hydrogen) atoms. The molecule has 0 saturated carbocycles. The number of aliphatic hydroxyl groups is 3. The third kappa shape index (κ3) is 3.80. The lowest BCUT2D eigenvalue weighted by Gasteiger charge is -2.50. The summed E-state index contributed by atoms with van der Waals surface area (Å²) >= 11 is 0. The molecule has 2 aromatic rings. The summed E-state index contributed by atoms with van der Waals surface area (Å²) in [5.41, 5.74) is 4.70. The zero-order valence-corrected chi connectivity index (χ0v) is 22.1. The normalized spacial score (nSPS) is 26.7. The molecule has 1 aromatic heterocycles. The van der Waals surface area contributed by atoms with Crippen molar-refractivity contribution in [3.8, 4) is 17.0 Å². The van der Waals surface area contributed by atoms with Gasteiger partial charge in [0.15, 0.2) is 11.4 Å². The number of H-pyrrole nitrogens is 1. The largest absolute Gasteiger partial charge is 0.510 e. The molecule has 7 N–H and O–H groups in total. The molecule has 3 aliphatic rings. The van der Waals surface area contributed by atoms with Gasteiger partial charge in [-0.25, -0.2) is 0 Å². The number of phenols is 1. The summed E-state index contributed by atoms with van der Waals surface area (Å²) in [6, 6.07) is 5.93. The lowest BCUT2D eigenvalue weighted by molar-refractivity contribution is -0.148. The molecule has 0 unspecified atom stereocenters. The van der Waals surface area contributed by atoms with Crippen LogP contribution < -0.4 is 5.73 Å². The molecule has 0 fully saturated rings. The van der Waals surface area contributed by atoms with E-state index in [9.17, 15) is 34.8 Å². The molecule has 0 bridgehead atoms. The van der Waals surface area contributed by atoms with Gasteiger partial charge in [0, 0.05) is 35.0 Å². The molecule has 1 heterocycles. The smallest absolute Gasteiger partial charge is 0.255 e. The van der Waals surface area contributed by atoms with Crippen LogP contribution in [0.5, 0.6) is 5.75 Å². The highest BCUT2D eigenvalue weighted by Gasteiger charge is 2.63. The minimum absolute atomic E-state index is 0.0166. The highest BCUT2D eigenvalue weighted by atomic mass is 16.3. The Kier molecular flexibility index (Phi) is 6.21. The van der Waals surface area contributed by atoms with Crippen molar-refractivity contribution in [2.45, 2.75) is 31.0 Å². The first-order valence-corrected chi connectivity index (χ1v) is 12.6. The van der Waals surface area contributed by atoms with Gasteiger partial charge in [-0.3, -0.25) is 19.3 Å². The summed E-state index contributed by atoms with van der Waals surface area (Å²) in [4.78, 5) is 46.2. The van der Waals surface area contributed by atoms with Crippen molar-refractivity contribution in [2.75, 3.05) is 28.2 Å². The quantitative estimate of drug-likeness (QED) is 0.306. The van der Waals surface area contributed by atoms with Gasteiger partial charge in [-0.15, -0.1) is 0 Å². The molecular weight excluding hydrogens is 504 g/mol. The number of allylic oxidation sites excluding steroid dienone is 1. The standard InChI is InChI=1S/C28H32N4O7/c1-31(2)11-13-5-7-17(30-13)14-6-8-18(33)20-15(14)9-12-10-16-22(32(3)4)24(35)21(27(29)38)26(37)28(16,39)25(36)19(12)23(20)34/h5-8,12,16,22,30,33,35-36,39H,9-11H2,1-4H3,(H2,29,38)/t12-,16-,22-,28-/m0/s1. The average Bonchev–Trinajstić information content (AvgIpc) is 3.28. The van der Waals surface area contributed by atoms with Crippen LogP contribution in [0.15, 0.2) is 46.9 Å². The summed E-state index contributed by atoms with van der Waals surface area (Å²) in [5, 5.41) is 44.7. The number of phenolic OH excluding ortho intramolecular Hbond substituents is 1. The Morgan fingerprint density at radius 2 is 1.79 bits per heavy atom. The lowest BCUT2D eigenvalue weighted by atomic mass is 9.58. The van der Waals surface area contributed by atoms with Crippen molar-refractivity contribution < 1.29 is 34.8 Å². The van der Waals surface area contributed by atoms with E-state index in [0.717, 1.165) is 11.4 Å². The number of ketones is 2. The number of amides is 1. The average molecular weight is 537 g/mol. The molecule has 1 aromatic carbocycles. The van der Waals surface area contributed by atoms with Crippen molar-refractivity contribution in [3.05, 3.63) is 63.8 Å². The van der Waals surface area contributed by atoms with Gasteiger partial charge >= 0.3 is 0 Å². The number of primary amides is 1. The SMILES string of the molecule is CN(C)Cc1ccc(-c2ccc(O)c3c2C[C@H]2C[C@H]4[C@H](N(C)C)C(O)=C(C(N)=O)C(=O)[C@@]4(O)C(O)=C2C3=O)[nH]1. The van der Waals surface area contributed by atoms with E-state index in [2.05, 4.69) is 4.98 Å². The minimum atomic E-state index is -2.65. The number of aromatic amines is 1. The number of rotatable bonds is 5. The molecule has 206 valence electrons. The summed E-state index contributed by atoms with van der Waals surface area (Å²) in [6.45, 7) is 0.674. The van der Waals surface area contributed by atoms with E-state index in [1.807, 2.05) is 31.1 Å². The molecule has 4 atom stereocenters. The van der Waals surface area contributed by atoms with E-state index >= 15 is 0 Å². The number of hydrogen-bond donors (Lipinski definition) is 6. The summed E-state index contributed by atoms with van der Waals surface area (Å²) in [5.74, 6) is -6.67. The number of fused-ring (bicyclic) bond motifs is 3. The van der Waals surface area contributed by atoms with Crippen LogP contribution in [-0.2, 0) is 22.6 Å². The number of aliphatic hydroxyl groups excluding tert-OH is 2. The van der Waals surface area contributed by atoms with Crippen LogP contribution in [-0.4, -0.2) is 92.5 Å². The van der Waals surface area contributed by atoms with Crippen LogP contribution in [0.4, 0.5) is 0 Å². The monoisotopic (exact) mass is 536 g/mol. The number of aromatic nitrogens is 1. The Morgan fingerprint density at radius 3 is 2.41 bits per heavy atom. The predicted octanol–water partition coefficient (Wildman–Crippen LogP) is 1.18. The predicted molar refractivity (Wildman–Crippen MR) is 141 cm³/mol. The lowest BCUT2D eigenvalue weighted by Crippen LogP contribution is -2.63. The van der Waals surface area contributed by atoms with Crippen molar-refractivity contribution in [2.24, 2.45) is 17.6 Å². The first kappa shape index (κ1) is 26.7. The molecule has 3 aliphatic carbocycles. The first-order valence-electron chi connectivity index (χ1n) is 12.6. The van der Waals surface area contributed by atoms with E-state index in [1.54, 1.807) is 20.2 Å². The fraction of sp³-hybridized carbons (Fsp3) is 0.393. The Bertz CT molecular complexity index is 1480. The van der Waals surface area contributed by atoms with Crippen LogP contribution in [0.3, 0.4) is 0 Å². The van der Waals surface area contributed by atoms with E-state index in [0.29, 0.717) is 17.7 Å². The van der Waals surface area contributed by atoms with Crippen LogP contribution >= 0.6 is 0 Å². The molecule has 1 amide bonds. The van der Waals surface area contributed by atoms with Crippen molar-refractivity contribution in [3.63, 3.8) is 0 Å². The van der Waals surface area contributed by atoms with E-state index in [-0.39, 0.29) is 29.7 Å². The van der Waals surface area contributed by atoms with Gasteiger partial charge in [-0.2, -0.15) is 0 Å². The Morgan fingerprint density at radius 1 is 1.10 bits per heavy atom. The Balaban J connectivity index is 1.67. The van der Waals surface area contributed by atoms with E-state index in [1.165, 1.54) is 11.0 Å². The number of nitrogens with two attached hydrogens (primary N) is 1. The maximum absolute atomic E-state index is 13.9. The Hall–Kier alpha value is -3.93. The number of hydrogen-bond acceptors (Lipinski definition) is 9. The van der Waals surface area contributed by atoms with Gasteiger partial charge in [0.25, 0.3) is 5.91 Å². The van der Waals surface area contributed by atoms with Crippen LogP contribution in [0.25, 0.3) is 11.3 Å². The van der Waals surface area contributed by atoms with Gasteiger partial charge in [-0.05, 0) is 76.8 Å². The molecule has 0 spiro atoms. The van der Waals surface area contributed by atoms with Gasteiger partial charge in [-0.1, -0.05) is 0 Å². The maximum Gasteiger partial charge on any atom is 0.255 e. The second-order valence-corrected chi connectivity index (χ2v) is 11.1. The van der Waals surface area contributed by atoms with Gasteiger partial charge < -0.3 is 36.0 Å². The number of aromatic hydroxyl groups is 1. The van der Waals surface area contributed by atoms with Crippen molar-refractivity contribution in [1.82, 2.24) is 14.8 Å². The fourth-order valence-corrected chi connectivity index (χ4v) is 6.53. The second-order valence-electron chi connectivity index (χ2n) is 11.1. The molecular formula is C28H32N4O7. The number of nitrogens with zero attached hydrogens (tertiary/aromatic N) is 2. The number of carbonyl (C=O) groups excluding carboxylic acids is 3. The number of Topliss-reactive ketones (excluding diaryl/α,β-unsaturated/α-hetero) is 2. The van der Waals surface area contributed by atoms with E-state index in [4.69, 9.17) is 5.73 Å².